The Bertz CT molecular complexity index is 490. The minimum Gasteiger partial charge on any atom is -0.454 e. The Morgan fingerprint density at radius 1 is 1.37 bits per heavy atom. The van der Waals surface area contributed by atoms with Gasteiger partial charge in [-0.3, -0.25) is 4.99 Å². The maximum absolute atomic E-state index is 5.37. The van der Waals surface area contributed by atoms with E-state index >= 15 is 0 Å². The van der Waals surface area contributed by atoms with Gasteiger partial charge < -0.3 is 14.8 Å². The topological polar surface area (TPSA) is 42.9 Å². The first-order chi connectivity index (χ1) is 9.35. The van der Waals surface area contributed by atoms with Gasteiger partial charge in [0.25, 0.3) is 0 Å². The quantitative estimate of drug-likeness (QED) is 0.919. The van der Waals surface area contributed by atoms with E-state index in [-0.39, 0.29) is 0 Å². The van der Waals surface area contributed by atoms with Gasteiger partial charge in [-0.15, -0.1) is 0 Å². The molecule has 3 rings (SSSR count). The van der Waals surface area contributed by atoms with Crippen LogP contribution in [-0.2, 0) is 6.54 Å². The van der Waals surface area contributed by atoms with E-state index < -0.39 is 0 Å². The Morgan fingerprint density at radius 3 is 3.16 bits per heavy atom. The number of benzene rings is 1. The van der Waals surface area contributed by atoms with Crippen molar-refractivity contribution in [2.24, 2.45) is 4.99 Å². The van der Waals surface area contributed by atoms with Gasteiger partial charge in [0, 0.05) is 11.8 Å². The molecule has 1 aromatic carbocycles. The van der Waals surface area contributed by atoms with E-state index in [0.29, 0.717) is 12.0 Å². The third-order valence-electron chi connectivity index (χ3n) is 3.21. The van der Waals surface area contributed by atoms with E-state index in [2.05, 4.69) is 23.3 Å². The molecular weight excluding hydrogens is 260 g/mol. The first-order valence-corrected chi connectivity index (χ1v) is 7.56. The zero-order valence-electron chi connectivity index (χ0n) is 11.0. The van der Waals surface area contributed by atoms with Gasteiger partial charge in [0.05, 0.1) is 6.54 Å². The molecule has 2 aliphatic rings. The number of aliphatic imine (C=N–C) groups is 1. The normalized spacial score (nSPS) is 20.5. The van der Waals surface area contributed by atoms with Crippen LogP contribution < -0.4 is 14.8 Å². The number of nitrogens with one attached hydrogen (secondary N) is 1. The number of ether oxygens (including phenoxy) is 2. The fourth-order valence-corrected chi connectivity index (χ4v) is 3.34. The number of fused-ring (bicyclic) bond motifs is 1. The van der Waals surface area contributed by atoms with Crippen molar-refractivity contribution in [3.05, 3.63) is 23.8 Å². The van der Waals surface area contributed by atoms with E-state index in [4.69, 9.17) is 9.47 Å². The standard InChI is InChI=1S/C14H18N2O2S/c1-2-3-11-8-16-14(19-11)15-7-10-4-5-12-13(6-10)18-9-17-12/h4-6,11H,2-3,7-9H2,1H3,(H,15,16). The summed E-state index contributed by atoms with van der Waals surface area (Å²) in [6, 6.07) is 6.05. The third kappa shape index (κ3) is 2.97. The van der Waals surface area contributed by atoms with Gasteiger partial charge in [-0.25, -0.2) is 0 Å². The average Bonchev–Trinajstić information content (AvgIpc) is 3.04. The highest BCUT2D eigenvalue weighted by atomic mass is 32.2. The molecule has 5 heteroatoms. The van der Waals surface area contributed by atoms with E-state index in [1.165, 1.54) is 18.4 Å². The van der Waals surface area contributed by atoms with E-state index in [0.717, 1.165) is 29.8 Å². The van der Waals surface area contributed by atoms with Gasteiger partial charge in [-0.1, -0.05) is 31.2 Å². The summed E-state index contributed by atoms with van der Waals surface area (Å²) in [5, 5.41) is 5.12. The van der Waals surface area contributed by atoms with Crippen LogP contribution in [0.2, 0.25) is 0 Å². The summed E-state index contributed by atoms with van der Waals surface area (Å²) in [5.41, 5.74) is 1.19. The minimum absolute atomic E-state index is 0.327. The molecule has 0 aliphatic carbocycles. The molecule has 0 saturated heterocycles. The number of thioether (sulfide) groups is 1. The van der Waals surface area contributed by atoms with Crippen LogP contribution in [0.3, 0.4) is 0 Å². The number of amidine groups is 1. The smallest absolute Gasteiger partial charge is 0.231 e. The molecule has 0 amide bonds. The summed E-state index contributed by atoms with van der Waals surface area (Å²) in [4.78, 5) is 4.54. The molecule has 0 spiro atoms. The van der Waals surface area contributed by atoms with Crippen molar-refractivity contribution in [3.63, 3.8) is 0 Å². The summed E-state index contributed by atoms with van der Waals surface area (Å²) in [6.07, 6.45) is 2.46. The number of hydrogen-bond donors (Lipinski definition) is 1. The molecular formula is C14H18N2O2S. The van der Waals surface area contributed by atoms with E-state index in [1.54, 1.807) is 0 Å². The molecule has 0 aromatic heterocycles. The van der Waals surface area contributed by atoms with Crippen LogP contribution in [0.25, 0.3) is 0 Å². The van der Waals surface area contributed by atoms with Gasteiger partial charge >= 0.3 is 0 Å². The molecule has 19 heavy (non-hydrogen) atoms. The number of hydrogen-bond acceptors (Lipinski definition) is 5. The largest absolute Gasteiger partial charge is 0.454 e. The van der Waals surface area contributed by atoms with Crippen LogP contribution in [0.4, 0.5) is 0 Å². The molecule has 1 atom stereocenters. The first kappa shape index (κ1) is 12.7. The maximum Gasteiger partial charge on any atom is 0.231 e. The second kappa shape index (κ2) is 5.74. The molecule has 2 heterocycles. The van der Waals surface area contributed by atoms with Crippen molar-refractivity contribution >= 4 is 16.9 Å². The zero-order valence-corrected chi connectivity index (χ0v) is 11.8. The molecule has 1 unspecified atom stereocenters. The predicted molar refractivity (Wildman–Crippen MR) is 78.0 cm³/mol. The van der Waals surface area contributed by atoms with Crippen LogP contribution in [-0.4, -0.2) is 23.8 Å². The molecule has 0 fully saturated rings. The molecule has 1 aromatic rings. The molecule has 4 nitrogen and oxygen atoms in total. The number of nitrogens with zero attached hydrogens (tertiary/aromatic N) is 1. The van der Waals surface area contributed by atoms with Crippen LogP contribution in [0.5, 0.6) is 11.5 Å². The Labute approximate surface area is 117 Å². The summed E-state index contributed by atoms with van der Waals surface area (Å²) >= 11 is 1.86. The third-order valence-corrected chi connectivity index (χ3v) is 4.42. The van der Waals surface area contributed by atoms with Crippen LogP contribution in [0.15, 0.2) is 23.2 Å². The molecule has 1 N–H and O–H groups in total. The Morgan fingerprint density at radius 2 is 2.26 bits per heavy atom. The maximum atomic E-state index is 5.37. The van der Waals surface area contributed by atoms with Crippen molar-refractivity contribution in [1.82, 2.24) is 5.32 Å². The molecule has 0 saturated carbocycles. The van der Waals surface area contributed by atoms with Gasteiger partial charge in [0.2, 0.25) is 6.79 Å². The van der Waals surface area contributed by atoms with Crippen molar-refractivity contribution in [2.75, 3.05) is 13.3 Å². The van der Waals surface area contributed by atoms with E-state index in [9.17, 15) is 0 Å². The zero-order chi connectivity index (χ0) is 13.1. The lowest BCUT2D eigenvalue weighted by molar-refractivity contribution is 0.174. The van der Waals surface area contributed by atoms with Crippen molar-refractivity contribution < 1.29 is 9.47 Å². The first-order valence-electron chi connectivity index (χ1n) is 6.68. The van der Waals surface area contributed by atoms with Gasteiger partial charge in [0.15, 0.2) is 16.7 Å². The monoisotopic (exact) mass is 278 g/mol. The highest BCUT2D eigenvalue weighted by molar-refractivity contribution is 8.14. The second-order valence-corrected chi connectivity index (χ2v) is 6.00. The summed E-state index contributed by atoms with van der Waals surface area (Å²) in [6.45, 7) is 4.27. The second-order valence-electron chi connectivity index (χ2n) is 4.72. The molecule has 0 bridgehead atoms. The van der Waals surface area contributed by atoms with Crippen LogP contribution >= 0.6 is 11.8 Å². The fraction of sp³-hybridized carbons (Fsp3) is 0.500. The molecule has 102 valence electrons. The van der Waals surface area contributed by atoms with Crippen molar-refractivity contribution in [2.45, 2.75) is 31.6 Å². The summed E-state index contributed by atoms with van der Waals surface area (Å²) < 4.78 is 10.7. The van der Waals surface area contributed by atoms with Crippen LogP contribution in [0.1, 0.15) is 25.3 Å². The summed E-state index contributed by atoms with van der Waals surface area (Å²) in [5.74, 6) is 1.67. The lowest BCUT2D eigenvalue weighted by Gasteiger charge is -2.08. The van der Waals surface area contributed by atoms with Gasteiger partial charge in [-0.05, 0) is 24.1 Å². The summed E-state index contributed by atoms with van der Waals surface area (Å²) in [7, 11) is 0. The lowest BCUT2D eigenvalue weighted by Crippen LogP contribution is -2.18. The SMILES string of the molecule is CCCC1CN=C(NCc2ccc3c(c2)OCO3)S1. The predicted octanol–water partition coefficient (Wildman–Crippen LogP) is 2.78. The Hall–Kier alpha value is -1.36. The van der Waals surface area contributed by atoms with Crippen molar-refractivity contribution in [1.29, 1.82) is 0 Å². The number of rotatable bonds is 4. The lowest BCUT2D eigenvalue weighted by atomic mass is 10.2. The fourth-order valence-electron chi connectivity index (χ4n) is 2.22. The van der Waals surface area contributed by atoms with E-state index in [1.807, 2.05) is 23.9 Å². The van der Waals surface area contributed by atoms with Gasteiger partial charge in [0.1, 0.15) is 0 Å². The average molecular weight is 278 g/mol. The van der Waals surface area contributed by atoms with Crippen LogP contribution in [0, 0.1) is 0 Å². The highest BCUT2D eigenvalue weighted by Crippen LogP contribution is 2.32. The highest BCUT2D eigenvalue weighted by Gasteiger charge is 2.18. The Kier molecular flexibility index (Phi) is 3.82. The van der Waals surface area contributed by atoms with Crippen molar-refractivity contribution in [3.8, 4) is 11.5 Å². The Balaban J connectivity index is 1.53. The van der Waals surface area contributed by atoms with Gasteiger partial charge in [-0.2, -0.15) is 0 Å². The minimum atomic E-state index is 0.327. The molecule has 0 radical (unpaired) electrons. The molecule has 2 aliphatic heterocycles.